The molecule has 0 radical (unpaired) electrons. The summed E-state index contributed by atoms with van der Waals surface area (Å²) >= 11 is 0. The van der Waals surface area contributed by atoms with E-state index in [9.17, 15) is 4.79 Å². The van der Waals surface area contributed by atoms with E-state index in [2.05, 4.69) is 51.5 Å². The Bertz CT molecular complexity index is 811. The van der Waals surface area contributed by atoms with E-state index in [0.717, 1.165) is 62.5 Å². The Labute approximate surface area is 181 Å². The lowest BCUT2D eigenvalue weighted by Gasteiger charge is -2.21. The molecule has 1 aliphatic rings. The van der Waals surface area contributed by atoms with E-state index in [4.69, 9.17) is 0 Å². The summed E-state index contributed by atoms with van der Waals surface area (Å²) in [6.07, 6.45) is 7.15. The zero-order valence-electron chi connectivity index (χ0n) is 18.4. The lowest BCUT2D eigenvalue weighted by atomic mass is 10.1. The van der Waals surface area contributed by atoms with Gasteiger partial charge >= 0.3 is 0 Å². The summed E-state index contributed by atoms with van der Waals surface area (Å²) in [5.41, 5.74) is 4.47. The van der Waals surface area contributed by atoms with Crippen LogP contribution in [-0.2, 0) is 4.79 Å². The first-order chi connectivity index (χ1) is 14.6. The number of carbonyl (C=O) groups is 1. The molecule has 0 bridgehead atoms. The Kier molecular flexibility index (Phi) is 8.66. The van der Waals surface area contributed by atoms with Crippen LogP contribution in [-0.4, -0.2) is 55.0 Å². The third-order valence-electron chi connectivity index (χ3n) is 5.78. The summed E-state index contributed by atoms with van der Waals surface area (Å²) in [6, 6.07) is 16.6. The van der Waals surface area contributed by atoms with E-state index in [1.165, 1.54) is 12.0 Å². The van der Waals surface area contributed by atoms with Crippen LogP contribution in [0.4, 0.5) is 5.69 Å². The third-order valence-corrected chi connectivity index (χ3v) is 5.78. The van der Waals surface area contributed by atoms with Crippen LogP contribution in [0.25, 0.3) is 6.08 Å². The summed E-state index contributed by atoms with van der Waals surface area (Å²) in [7, 11) is 0. The molecule has 0 spiro atoms. The number of nitrogens with zero attached hydrogens (tertiary/aromatic N) is 2. The molecule has 4 nitrogen and oxygen atoms in total. The van der Waals surface area contributed by atoms with Gasteiger partial charge in [-0.2, -0.15) is 0 Å². The van der Waals surface area contributed by atoms with Gasteiger partial charge in [-0.3, -0.25) is 9.69 Å². The van der Waals surface area contributed by atoms with E-state index in [1.54, 1.807) is 0 Å². The number of hydrogen-bond donors (Lipinski definition) is 1. The second-order valence-corrected chi connectivity index (χ2v) is 8.23. The van der Waals surface area contributed by atoms with E-state index >= 15 is 0 Å². The van der Waals surface area contributed by atoms with Crippen molar-refractivity contribution in [2.45, 2.75) is 33.1 Å². The molecule has 0 aromatic heterocycles. The Morgan fingerprint density at radius 1 is 0.933 bits per heavy atom. The van der Waals surface area contributed by atoms with Gasteiger partial charge in [0.1, 0.15) is 0 Å². The molecule has 160 valence electrons. The van der Waals surface area contributed by atoms with Gasteiger partial charge < -0.3 is 10.2 Å². The van der Waals surface area contributed by atoms with Crippen molar-refractivity contribution in [3.05, 3.63) is 71.3 Å². The fraction of sp³-hybridized carbons (Fsp3) is 0.423. The molecule has 2 aromatic carbocycles. The molecule has 4 heteroatoms. The zero-order valence-corrected chi connectivity index (χ0v) is 18.4. The van der Waals surface area contributed by atoms with Gasteiger partial charge in [0.15, 0.2) is 0 Å². The highest BCUT2D eigenvalue weighted by atomic mass is 16.1. The number of nitrogens with one attached hydrogen (secondary N) is 1. The topological polar surface area (TPSA) is 35.6 Å². The summed E-state index contributed by atoms with van der Waals surface area (Å²) in [6.45, 7) is 10.5. The summed E-state index contributed by atoms with van der Waals surface area (Å²) in [4.78, 5) is 17.4. The number of carbonyl (C=O) groups excluding carboxylic acids is 1. The van der Waals surface area contributed by atoms with Crippen molar-refractivity contribution >= 4 is 17.7 Å². The van der Waals surface area contributed by atoms with Crippen molar-refractivity contribution < 1.29 is 4.79 Å². The van der Waals surface area contributed by atoms with Gasteiger partial charge in [-0.05, 0) is 63.0 Å². The van der Waals surface area contributed by atoms with E-state index in [0.29, 0.717) is 6.42 Å². The molecule has 1 aliphatic heterocycles. The van der Waals surface area contributed by atoms with Crippen molar-refractivity contribution in [3.8, 4) is 0 Å². The lowest BCUT2D eigenvalue weighted by Crippen LogP contribution is -2.31. The van der Waals surface area contributed by atoms with Crippen molar-refractivity contribution in [1.82, 2.24) is 9.80 Å². The van der Waals surface area contributed by atoms with E-state index in [1.807, 2.05) is 38.1 Å². The Balaban J connectivity index is 1.36. The number of rotatable bonds is 8. The van der Waals surface area contributed by atoms with Crippen LogP contribution in [0.15, 0.2) is 54.6 Å². The smallest absolute Gasteiger partial charge is 0.224 e. The molecule has 2 aromatic rings. The summed E-state index contributed by atoms with van der Waals surface area (Å²) in [5.74, 6) is 0.120. The fourth-order valence-electron chi connectivity index (χ4n) is 4.01. The Hall–Kier alpha value is -2.43. The molecular weight excluding hydrogens is 370 g/mol. The molecule has 1 saturated heterocycles. The summed E-state index contributed by atoms with van der Waals surface area (Å²) in [5, 5.41) is 3.10. The van der Waals surface area contributed by atoms with Crippen molar-refractivity contribution in [2.75, 3.05) is 44.6 Å². The molecule has 1 N–H and O–H groups in total. The molecule has 0 saturated carbocycles. The number of anilines is 1. The fourth-order valence-corrected chi connectivity index (χ4v) is 4.01. The maximum atomic E-state index is 12.4. The number of benzene rings is 2. The molecule has 0 atom stereocenters. The highest BCUT2D eigenvalue weighted by Crippen LogP contribution is 2.19. The monoisotopic (exact) mass is 405 g/mol. The first kappa shape index (κ1) is 22.3. The van der Waals surface area contributed by atoms with Crippen LogP contribution in [0.3, 0.4) is 0 Å². The minimum Gasteiger partial charge on any atom is -0.326 e. The molecule has 1 amide bonds. The van der Waals surface area contributed by atoms with Crippen LogP contribution in [0.1, 0.15) is 36.0 Å². The first-order valence-electron chi connectivity index (χ1n) is 11.1. The van der Waals surface area contributed by atoms with Gasteiger partial charge in [-0.15, -0.1) is 0 Å². The predicted octanol–water partition coefficient (Wildman–Crippen LogP) is 4.74. The quantitative estimate of drug-likeness (QED) is 0.689. The highest BCUT2D eigenvalue weighted by Gasteiger charge is 2.14. The number of aryl methyl sites for hydroxylation is 2. The molecule has 3 rings (SSSR count). The average Bonchev–Trinajstić information content (AvgIpc) is 2.97. The normalized spacial score (nSPS) is 15.9. The van der Waals surface area contributed by atoms with Gasteiger partial charge in [0.05, 0.1) is 0 Å². The van der Waals surface area contributed by atoms with Gasteiger partial charge in [0.25, 0.3) is 0 Å². The molecular formula is C26H35N3O. The molecule has 1 heterocycles. The van der Waals surface area contributed by atoms with Crippen molar-refractivity contribution in [1.29, 1.82) is 0 Å². The maximum absolute atomic E-state index is 12.4. The molecule has 0 unspecified atom stereocenters. The van der Waals surface area contributed by atoms with Crippen LogP contribution in [0.5, 0.6) is 0 Å². The molecule has 30 heavy (non-hydrogen) atoms. The predicted molar refractivity (Wildman–Crippen MR) is 127 cm³/mol. The minimum absolute atomic E-state index is 0.120. The maximum Gasteiger partial charge on any atom is 0.224 e. The Morgan fingerprint density at radius 3 is 2.40 bits per heavy atom. The van der Waals surface area contributed by atoms with Crippen molar-refractivity contribution in [2.24, 2.45) is 0 Å². The molecule has 1 fully saturated rings. The third kappa shape index (κ3) is 7.12. The second-order valence-electron chi connectivity index (χ2n) is 8.23. The largest absolute Gasteiger partial charge is 0.326 e. The van der Waals surface area contributed by atoms with E-state index < -0.39 is 0 Å². The van der Waals surface area contributed by atoms with Crippen molar-refractivity contribution in [3.63, 3.8) is 0 Å². The van der Waals surface area contributed by atoms with Crippen LogP contribution in [0, 0.1) is 13.8 Å². The minimum atomic E-state index is 0.120. The number of hydrogen-bond acceptors (Lipinski definition) is 3. The summed E-state index contributed by atoms with van der Waals surface area (Å²) < 4.78 is 0. The lowest BCUT2D eigenvalue weighted by molar-refractivity contribution is -0.116. The highest BCUT2D eigenvalue weighted by molar-refractivity contribution is 5.92. The van der Waals surface area contributed by atoms with Gasteiger partial charge in [0.2, 0.25) is 5.91 Å². The zero-order chi connectivity index (χ0) is 21.2. The van der Waals surface area contributed by atoms with Gasteiger partial charge in [-0.1, -0.05) is 60.7 Å². The SMILES string of the molecule is Cc1cccc(C)c1NC(=O)CCCN1CCCN(C/C=C/c2ccccc2)CC1. The van der Waals surface area contributed by atoms with Crippen LogP contribution >= 0.6 is 0 Å². The van der Waals surface area contributed by atoms with Crippen LogP contribution < -0.4 is 5.32 Å². The number of para-hydroxylation sites is 1. The van der Waals surface area contributed by atoms with E-state index in [-0.39, 0.29) is 5.91 Å². The van der Waals surface area contributed by atoms with Crippen LogP contribution in [0.2, 0.25) is 0 Å². The van der Waals surface area contributed by atoms with Gasteiger partial charge in [0, 0.05) is 31.7 Å². The second kappa shape index (κ2) is 11.7. The number of amides is 1. The first-order valence-corrected chi connectivity index (χ1v) is 11.1. The van der Waals surface area contributed by atoms with Gasteiger partial charge in [-0.25, -0.2) is 0 Å². The standard InChI is InChI=1S/C26H35N3O/c1-22-10-6-11-23(2)26(22)27-25(30)15-8-17-29-19-9-18-28(20-21-29)16-7-14-24-12-4-3-5-13-24/h3-7,10-14H,8-9,15-21H2,1-2H3,(H,27,30)/b14-7+. The average molecular weight is 406 g/mol. The molecule has 0 aliphatic carbocycles. The Morgan fingerprint density at radius 2 is 1.63 bits per heavy atom.